The van der Waals surface area contributed by atoms with Gasteiger partial charge in [0.05, 0.1) is 5.75 Å². The number of sulfonamides is 1. The first-order valence-electron chi connectivity index (χ1n) is 9.01. The summed E-state index contributed by atoms with van der Waals surface area (Å²) in [5.41, 5.74) is 1.74. The SMILES string of the molecule is CCS(=O)(=O)NCCCNC(=NC)NCCc1cccc(C(=O)N(C)C)c1.I. The van der Waals surface area contributed by atoms with E-state index in [1.165, 1.54) is 0 Å². The van der Waals surface area contributed by atoms with Crippen molar-refractivity contribution in [3.63, 3.8) is 0 Å². The predicted octanol–water partition coefficient (Wildman–Crippen LogP) is 1.04. The number of nitrogens with one attached hydrogen (secondary N) is 3. The van der Waals surface area contributed by atoms with Crippen molar-refractivity contribution >= 4 is 45.9 Å². The maximum Gasteiger partial charge on any atom is 0.253 e. The summed E-state index contributed by atoms with van der Waals surface area (Å²) in [7, 11) is 2.02. The van der Waals surface area contributed by atoms with Crippen molar-refractivity contribution in [1.82, 2.24) is 20.3 Å². The van der Waals surface area contributed by atoms with Gasteiger partial charge in [-0.1, -0.05) is 12.1 Å². The fraction of sp³-hybridized carbons (Fsp3) is 0.556. The van der Waals surface area contributed by atoms with E-state index in [-0.39, 0.29) is 35.6 Å². The van der Waals surface area contributed by atoms with Crippen LogP contribution in [0.2, 0.25) is 0 Å². The Morgan fingerprint density at radius 2 is 1.82 bits per heavy atom. The van der Waals surface area contributed by atoms with Gasteiger partial charge in [-0.05, 0) is 37.5 Å². The van der Waals surface area contributed by atoms with Gasteiger partial charge in [-0.15, -0.1) is 24.0 Å². The molecule has 0 fully saturated rings. The molecule has 0 aliphatic carbocycles. The van der Waals surface area contributed by atoms with Crippen LogP contribution in [0.25, 0.3) is 0 Å². The van der Waals surface area contributed by atoms with E-state index >= 15 is 0 Å². The Morgan fingerprint density at radius 3 is 2.43 bits per heavy atom. The van der Waals surface area contributed by atoms with Crippen molar-refractivity contribution in [3.8, 4) is 0 Å². The lowest BCUT2D eigenvalue weighted by atomic mass is 10.1. The van der Waals surface area contributed by atoms with E-state index in [9.17, 15) is 13.2 Å². The maximum atomic E-state index is 12.0. The molecule has 3 N–H and O–H groups in total. The fourth-order valence-electron chi connectivity index (χ4n) is 2.29. The van der Waals surface area contributed by atoms with Crippen LogP contribution in [0.1, 0.15) is 29.3 Å². The van der Waals surface area contributed by atoms with Gasteiger partial charge < -0.3 is 15.5 Å². The Kier molecular flexibility index (Phi) is 13.0. The minimum Gasteiger partial charge on any atom is -0.356 e. The zero-order chi connectivity index (χ0) is 20.3. The van der Waals surface area contributed by atoms with Gasteiger partial charge in [0.25, 0.3) is 5.91 Å². The van der Waals surface area contributed by atoms with Gasteiger partial charge in [0.15, 0.2) is 5.96 Å². The van der Waals surface area contributed by atoms with Crippen molar-refractivity contribution in [2.75, 3.05) is 46.5 Å². The smallest absolute Gasteiger partial charge is 0.253 e. The topological polar surface area (TPSA) is 103 Å². The highest BCUT2D eigenvalue weighted by Gasteiger charge is 2.08. The van der Waals surface area contributed by atoms with Crippen LogP contribution in [0.5, 0.6) is 0 Å². The van der Waals surface area contributed by atoms with Crippen LogP contribution in [0.4, 0.5) is 0 Å². The lowest BCUT2D eigenvalue weighted by molar-refractivity contribution is 0.0827. The molecule has 1 rings (SSSR count). The van der Waals surface area contributed by atoms with Gasteiger partial charge in [0.1, 0.15) is 0 Å². The Hall–Kier alpha value is -1.40. The van der Waals surface area contributed by atoms with Crippen molar-refractivity contribution in [2.24, 2.45) is 4.99 Å². The summed E-state index contributed by atoms with van der Waals surface area (Å²) in [5.74, 6) is 0.736. The number of aliphatic imine (C=N–C) groups is 1. The molecular weight excluding hydrogens is 493 g/mol. The molecule has 0 spiro atoms. The molecule has 0 aliphatic rings. The van der Waals surface area contributed by atoms with Crippen LogP contribution >= 0.6 is 24.0 Å². The van der Waals surface area contributed by atoms with E-state index in [1.807, 2.05) is 24.3 Å². The molecule has 10 heteroatoms. The van der Waals surface area contributed by atoms with E-state index in [0.717, 1.165) is 12.0 Å². The largest absolute Gasteiger partial charge is 0.356 e. The van der Waals surface area contributed by atoms with E-state index in [1.54, 1.807) is 33.0 Å². The first-order valence-corrected chi connectivity index (χ1v) is 10.7. The van der Waals surface area contributed by atoms with Crippen LogP contribution < -0.4 is 15.4 Å². The second-order valence-corrected chi connectivity index (χ2v) is 8.32. The Bertz CT molecular complexity index is 738. The summed E-state index contributed by atoms with van der Waals surface area (Å²) in [6.07, 6.45) is 1.42. The second-order valence-electron chi connectivity index (χ2n) is 6.23. The van der Waals surface area contributed by atoms with E-state index in [0.29, 0.717) is 37.6 Å². The molecule has 1 aromatic rings. The molecule has 0 atom stereocenters. The number of rotatable bonds is 10. The van der Waals surface area contributed by atoms with Crippen LogP contribution in [0.15, 0.2) is 29.3 Å². The quantitative estimate of drug-likeness (QED) is 0.184. The standard InChI is InChI=1S/C18H31N5O3S.HI/c1-5-27(25,26)22-12-7-11-20-18(19-2)21-13-10-15-8-6-9-16(14-15)17(24)23(3)4;/h6,8-9,14,22H,5,7,10-13H2,1-4H3,(H2,19,20,21);1H. The summed E-state index contributed by atoms with van der Waals surface area (Å²) in [4.78, 5) is 17.7. The van der Waals surface area contributed by atoms with Crippen molar-refractivity contribution < 1.29 is 13.2 Å². The molecule has 1 amide bonds. The fourth-order valence-corrected chi connectivity index (χ4v) is 2.95. The first-order chi connectivity index (χ1) is 12.8. The Balaban J connectivity index is 0.00000729. The molecule has 0 aliphatic heterocycles. The average molecular weight is 525 g/mol. The molecule has 160 valence electrons. The van der Waals surface area contributed by atoms with Gasteiger partial charge >= 0.3 is 0 Å². The van der Waals surface area contributed by atoms with Crippen molar-refractivity contribution in [3.05, 3.63) is 35.4 Å². The average Bonchev–Trinajstić information content (AvgIpc) is 2.65. The number of halogens is 1. The monoisotopic (exact) mass is 525 g/mol. The molecule has 0 aromatic heterocycles. The van der Waals surface area contributed by atoms with Gasteiger partial charge in [0, 0.05) is 46.3 Å². The minimum absolute atomic E-state index is 0. The number of guanidine groups is 1. The van der Waals surface area contributed by atoms with Gasteiger partial charge in [-0.2, -0.15) is 0 Å². The molecule has 0 unspecified atom stereocenters. The summed E-state index contributed by atoms with van der Waals surface area (Å²) in [5, 5.41) is 6.36. The number of carbonyl (C=O) groups excluding carboxylic acids is 1. The Labute approximate surface area is 185 Å². The molecular formula is C18H32IN5O3S. The van der Waals surface area contributed by atoms with E-state index in [2.05, 4.69) is 20.3 Å². The molecule has 1 aromatic carbocycles. The third-order valence-corrected chi connectivity index (χ3v) is 5.26. The number of hydrogen-bond acceptors (Lipinski definition) is 4. The molecule has 0 saturated carbocycles. The van der Waals surface area contributed by atoms with Gasteiger partial charge in [-0.3, -0.25) is 9.79 Å². The first kappa shape index (κ1) is 26.6. The molecule has 8 nitrogen and oxygen atoms in total. The second kappa shape index (κ2) is 13.7. The Morgan fingerprint density at radius 1 is 1.14 bits per heavy atom. The number of hydrogen-bond donors (Lipinski definition) is 3. The van der Waals surface area contributed by atoms with Gasteiger partial charge in [0.2, 0.25) is 10.0 Å². The van der Waals surface area contributed by atoms with Crippen LogP contribution in [0.3, 0.4) is 0 Å². The third-order valence-electron chi connectivity index (χ3n) is 3.86. The highest BCUT2D eigenvalue weighted by atomic mass is 127. The van der Waals surface area contributed by atoms with Crippen molar-refractivity contribution in [1.29, 1.82) is 0 Å². The number of amides is 1. The zero-order valence-electron chi connectivity index (χ0n) is 17.0. The van der Waals surface area contributed by atoms with E-state index < -0.39 is 10.0 Å². The van der Waals surface area contributed by atoms with Crippen LogP contribution in [-0.4, -0.2) is 71.7 Å². The summed E-state index contributed by atoms with van der Waals surface area (Å²) < 4.78 is 25.2. The number of benzene rings is 1. The van der Waals surface area contributed by atoms with Crippen molar-refractivity contribution in [2.45, 2.75) is 19.8 Å². The number of carbonyl (C=O) groups is 1. The van der Waals surface area contributed by atoms with Crippen LogP contribution in [0, 0.1) is 0 Å². The lowest BCUT2D eigenvalue weighted by Crippen LogP contribution is -2.39. The third kappa shape index (κ3) is 10.2. The highest BCUT2D eigenvalue weighted by Crippen LogP contribution is 2.07. The van der Waals surface area contributed by atoms with Crippen LogP contribution in [-0.2, 0) is 16.4 Å². The predicted molar refractivity (Wildman–Crippen MR) is 125 cm³/mol. The lowest BCUT2D eigenvalue weighted by Gasteiger charge is -2.13. The molecule has 0 heterocycles. The molecule has 28 heavy (non-hydrogen) atoms. The number of nitrogens with zero attached hydrogens (tertiary/aromatic N) is 2. The molecule has 0 bridgehead atoms. The highest BCUT2D eigenvalue weighted by molar-refractivity contribution is 14.0. The summed E-state index contributed by atoms with van der Waals surface area (Å²) in [6.45, 7) is 3.28. The summed E-state index contributed by atoms with van der Waals surface area (Å²) >= 11 is 0. The molecule has 0 saturated heterocycles. The summed E-state index contributed by atoms with van der Waals surface area (Å²) in [6, 6.07) is 7.59. The van der Waals surface area contributed by atoms with Gasteiger partial charge in [-0.25, -0.2) is 13.1 Å². The van der Waals surface area contributed by atoms with E-state index in [4.69, 9.17) is 0 Å². The normalized spacial score (nSPS) is 11.5. The minimum atomic E-state index is -3.14. The zero-order valence-corrected chi connectivity index (χ0v) is 20.1. The maximum absolute atomic E-state index is 12.0. The molecule has 0 radical (unpaired) electrons.